The van der Waals surface area contributed by atoms with Crippen LogP contribution in [0.5, 0.6) is 0 Å². The fourth-order valence-corrected chi connectivity index (χ4v) is 3.06. The van der Waals surface area contributed by atoms with Gasteiger partial charge >= 0.3 is 0 Å². The quantitative estimate of drug-likeness (QED) is 0.834. The lowest BCUT2D eigenvalue weighted by Crippen LogP contribution is -2.46. The molecule has 1 aliphatic rings. The second-order valence-corrected chi connectivity index (χ2v) is 6.59. The standard InChI is InChI=1S/C19H23ClN2/c1-15-3-8-19(13-16(15)2)22-11-9-21(10-12-22)14-17-4-6-18(20)7-5-17/h3-8,13H,9-12,14H2,1-2H3. The van der Waals surface area contributed by atoms with Crippen LogP contribution in [0.2, 0.25) is 5.02 Å². The van der Waals surface area contributed by atoms with Gasteiger partial charge in [0.05, 0.1) is 0 Å². The van der Waals surface area contributed by atoms with Gasteiger partial charge in [-0.25, -0.2) is 0 Å². The van der Waals surface area contributed by atoms with E-state index in [-0.39, 0.29) is 0 Å². The molecular weight excluding hydrogens is 292 g/mol. The van der Waals surface area contributed by atoms with Crippen molar-refractivity contribution in [2.45, 2.75) is 20.4 Å². The van der Waals surface area contributed by atoms with Crippen LogP contribution in [0.25, 0.3) is 0 Å². The Labute approximate surface area is 138 Å². The molecule has 0 N–H and O–H groups in total. The van der Waals surface area contributed by atoms with Crippen molar-refractivity contribution < 1.29 is 0 Å². The third kappa shape index (κ3) is 3.63. The maximum atomic E-state index is 5.94. The summed E-state index contributed by atoms with van der Waals surface area (Å²) in [4.78, 5) is 5.01. The average Bonchev–Trinajstić information content (AvgIpc) is 2.53. The van der Waals surface area contributed by atoms with Crippen molar-refractivity contribution in [2.75, 3.05) is 31.1 Å². The van der Waals surface area contributed by atoms with E-state index in [1.54, 1.807) is 0 Å². The lowest BCUT2D eigenvalue weighted by atomic mass is 10.1. The average molecular weight is 315 g/mol. The Bertz CT molecular complexity index is 628. The van der Waals surface area contributed by atoms with Gasteiger partial charge in [0, 0.05) is 43.4 Å². The first-order valence-electron chi connectivity index (χ1n) is 7.91. The number of halogens is 1. The zero-order valence-electron chi connectivity index (χ0n) is 13.3. The second-order valence-electron chi connectivity index (χ2n) is 6.16. The third-order valence-electron chi connectivity index (χ3n) is 4.55. The van der Waals surface area contributed by atoms with Crippen LogP contribution in [0.3, 0.4) is 0 Å². The van der Waals surface area contributed by atoms with Crippen LogP contribution < -0.4 is 4.90 Å². The molecule has 0 spiro atoms. The Morgan fingerprint density at radius 2 is 1.55 bits per heavy atom. The number of hydrogen-bond donors (Lipinski definition) is 0. The molecule has 22 heavy (non-hydrogen) atoms. The Hall–Kier alpha value is -1.51. The zero-order valence-corrected chi connectivity index (χ0v) is 14.1. The Kier molecular flexibility index (Phi) is 4.70. The normalized spacial score (nSPS) is 16.0. The van der Waals surface area contributed by atoms with Crippen molar-refractivity contribution in [3.63, 3.8) is 0 Å². The highest BCUT2D eigenvalue weighted by atomic mass is 35.5. The summed E-state index contributed by atoms with van der Waals surface area (Å²) in [6.45, 7) is 9.77. The molecule has 0 bridgehead atoms. The van der Waals surface area contributed by atoms with Crippen molar-refractivity contribution in [2.24, 2.45) is 0 Å². The Morgan fingerprint density at radius 1 is 0.864 bits per heavy atom. The molecule has 1 fully saturated rings. The van der Waals surface area contributed by atoms with Crippen LogP contribution in [-0.4, -0.2) is 31.1 Å². The van der Waals surface area contributed by atoms with Crippen LogP contribution in [0, 0.1) is 13.8 Å². The maximum absolute atomic E-state index is 5.94. The van der Waals surface area contributed by atoms with E-state index in [2.05, 4.69) is 54.0 Å². The third-order valence-corrected chi connectivity index (χ3v) is 4.80. The Balaban J connectivity index is 1.57. The zero-order chi connectivity index (χ0) is 15.5. The minimum atomic E-state index is 0.809. The Morgan fingerprint density at radius 3 is 2.18 bits per heavy atom. The van der Waals surface area contributed by atoms with Gasteiger partial charge in [0.1, 0.15) is 0 Å². The van der Waals surface area contributed by atoms with E-state index < -0.39 is 0 Å². The van der Waals surface area contributed by atoms with E-state index in [4.69, 9.17) is 11.6 Å². The lowest BCUT2D eigenvalue weighted by Gasteiger charge is -2.36. The van der Waals surface area contributed by atoms with Gasteiger partial charge in [-0.2, -0.15) is 0 Å². The summed E-state index contributed by atoms with van der Waals surface area (Å²) in [6, 6.07) is 15.0. The van der Waals surface area contributed by atoms with Crippen molar-refractivity contribution in [3.8, 4) is 0 Å². The topological polar surface area (TPSA) is 6.48 Å². The molecule has 0 radical (unpaired) electrons. The number of aryl methyl sites for hydroxylation is 2. The summed E-state index contributed by atoms with van der Waals surface area (Å²) in [5.41, 5.74) is 5.43. The van der Waals surface area contributed by atoms with Crippen molar-refractivity contribution in [1.82, 2.24) is 4.90 Å². The largest absolute Gasteiger partial charge is 0.369 e. The summed E-state index contributed by atoms with van der Waals surface area (Å²) in [7, 11) is 0. The number of hydrogen-bond acceptors (Lipinski definition) is 2. The van der Waals surface area contributed by atoms with Crippen LogP contribution in [0.4, 0.5) is 5.69 Å². The molecule has 1 aliphatic heterocycles. The smallest absolute Gasteiger partial charge is 0.0406 e. The fraction of sp³-hybridized carbons (Fsp3) is 0.368. The highest BCUT2D eigenvalue weighted by Gasteiger charge is 2.17. The monoisotopic (exact) mass is 314 g/mol. The number of nitrogens with zero attached hydrogens (tertiary/aromatic N) is 2. The van der Waals surface area contributed by atoms with Gasteiger partial charge in [0.25, 0.3) is 0 Å². The first kappa shape index (κ1) is 15.4. The van der Waals surface area contributed by atoms with E-state index >= 15 is 0 Å². The molecule has 0 unspecified atom stereocenters. The molecule has 3 heteroatoms. The van der Waals surface area contributed by atoms with Crippen LogP contribution >= 0.6 is 11.6 Å². The summed E-state index contributed by atoms with van der Waals surface area (Å²) < 4.78 is 0. The minimum Gasteiger partial charge on any atom is -0.369 e. The number of benzene rings is 2. The van der Waals surface area contributed by atoms with Crippen molar-refractivity contribution in [1.29, 1.82) is 0 Å². The van der Waals surface area contributed by atoms with E-state index in [0.717, 1.165) is 37.7 Å². The van der Waals surface area contributed by atoms with Gasteiger partial charge in [-0.3, -0.25) is 4.90 Å². The maximum Gasteiger partial charge on any atom is 0.0406 e. The van der Waals surface area contributed by atoms with Crippen molar-refractivity contribution in [3.05, 3.63) is 64.2 Å². The van der Waals surface area contributed by atoms with Gasteiger partial charge in [0.15, 0.2) is 0 Å². The predicted molar refractivity (Wildman–Crippen MR) is 94.9 cm³/mol. The second kappa shape index (κ2) is 6.72. The first-order chi connectivity index (χ1) is 10.6. The van der Waals surface area contributed by atoms with Crippen LogP contribution in [0.1, 0.15) is 16.7 Å². The SMILES string of the molecule is Cc1ccc(N2CCN(Cc3ccc(Cl)cc3)CC2)cc1C. The molecule has 1 saturated heterocycles. The number of rotatable bonds is 3. The van der Waals surface area contributed by atoms with Gasteiger partial charge in [0.2, 0.25) is 0 Å². The first-order valence-corrected chi connectivity index (χ1v) is 8.28. The van der Waals surface area contributed by atoms with Crippen LogP contribution in [0.15, 0.2) is 42.5 Å². The molecule has 0 atom stereocenters. The van der Waals surface area contributed by atoms with E-state index in [1.807, 2.05) is 12.1 Å². The van der Waals surface area contributed by atoms with Gasteiger partial charge in [-0.1, -0.05) is 29.8 Å². The molecule has 0 aromatic heterocycles. The molecule has 0 saturated carbocycles. The molecule has 2 nitrogen and oxygen atoms in total. The molecule has 0 aliphatic carbocycles. The molecule has 1 heterocycles. The van der Waals surface area contributed by atoms with Gasteiger partial charge in [-0.15, -0.1) is 0 Å². The van der Waals surface area contributed by atoms with E-state index in [1.165, 1.54) is 22.4 Å². The summed E-state index contributed by atoms with van der Waals surface area (Å²) in [5.74, 6) is 0. The summed E-state index contributed by atoms with van der Waals surface area (Å²) in [5, 5.41) is 0.809. The van der Waals surface area contributed by atoms with Gasteiger partial charge in [-0.05, 0) is 54.8 Å². The summed E-state index contributed by atoms with van der Waals surface area (Å²) in [6.07, 6.45) is 0. The summed E-state index contributed by atoms with van der Waals surface area (Å²) >= 11 is 5.94. The molecule has 3 rings (SSSR count). The highest BCUT2D eigenvalue weighted by Crippen LogP contribution is 2.21. The van der Waals surface area contributed by atoms with Gasteiger partial charge < -0.3 is 4.90 Å². The molecule has 2 aromatic rings. The minimum absolute atomic E-state index is 0.809. The molecular formula is C19H23ClN2. The lowest BCUT2D eigenvalue weighted by molar-refractivity contribution is 0.250. The highest BCUT2D eigenvalue weighted by molar-refractivity contribution is 6.30. The number of anilines is 1. The van der Waals surface area contributed by atoms with E-state index in [0.29, 0.717) is 0 Å². The van der Waals surface area contributed by atoms with Crippen molar-refractivity contribution >= 4 is 17.3 Å². The number of piperazine rings is 1. The van der Waals surface area contributed by atoms with E-state index in [9.17, 15) is 0 Å². The fourth-order valence-electron chi connectivity index (χ4n) is 2.93. The molecule has 0 amide bonds. The molecule has 2 aromatic carbocycles. The van der Waals surface area contributed by atoms with Crippen LogP contribution in [-0.2, 0) is 6.54 Å². The molecule has 116 valence electrons. The predicted octanol–water partition coefficient (Wildman–Crippen LogP) is 4.28.